The summed E-state index contributed by atoms with van der Waals surface area (Å²) in [7, 11) is 0. The number of ether oxygens (including phenoxy) is 1. The zero-order valence-electron chi connectivity index (χ0n) is 17.8. The highest BCUT2D eigenvalue weighted by molar-refractivity contribution is 6.35. The Labute approximate surface area is 203 Å². The minimum absolute atomic E-state index is 0.00984. The zero-order valence-corrected chi connectivity index (χ0v) is 19.3. The topological polar surface area (TPSA) is 124 Å². The fourth-order valence-corrected chi connectivity index (χ4v) is 4.07. The number of amides is 1. The van der Waals surface area contributed by atoms with Crippen LogP contribution in [0.4, 0.5) is 5.69 Å². The van der Waals surface area contributed by atoms with Crippen LogP contribution in [0.15, 0.2) is 52.0 Å². The number of benzene rings is 2. The average Bonchev–Trinajstić information content (AvgIpc) is 3.16. The minimum Gasteiger partial charge on any atom is -0.453 e. The van der Waals surface area contributed by atoms with Crippen LogP contribution in [-0.2, 0) is 6.42 Å². The SMILES string of the molecule is Cc1c(C(=O)Oc2ccc(Cl)cc2Cl)oc2c1/C(=N/NC(=O)c1cccc([N+](=O)[O-])c1)CCC2. The highest BCUT2D eigenvalue weighted by Gasteiger charge is 2.29. The lowest BCUT2D eigenvalue weighted by Gasteiger charge is -2.13. The summed E-state index contributed by atoms with van der Waals surface area (Å²) in [6.45, 7) is 1.70. The molecular formula is C23H17Cl2N3O6. The number of carbonyl (C=O) groups excluding carboxylic acids is 2. The van der Waals surface area contributed by atoms with Crippen molar-refractivity contribution in [3.63, 3.8) is 0 Å². The first-order valence-corrected chi connectivity index (χ1v) is 10.9. The first kappa shape index (κ1) is 23.5. The van der Waals surface area contributed by atoms with Crippen molar-refractivity contribution in [3.8, 4) is 5.75 Å². The molecule has 0 unspecified atom stereocenters. The van der Waals surface area contributed by atoms with Crippen LogP contribution in [0.1, 0.15) is 50.6 Å². The lowest BCUT2D eigenvalue weighted by atomic mass is 9.93. The number of nitro groups is 1. The third kappa shape index (κ3) is 4.80. The van der Waals surface area contributed by atoms with Gasteiger partial charge in [0.1, 0.15) is 11.5 Å². The predicted molar refractivity (Wildman–Crippen MR) is 125 cm³/mol. The number of esters is 1. The second-order valence-corrected chi connectivity index (χ2v) is 8.32. The Morgan fingerprint density at radius 3 is 2.71 bits per heavy atom. The number of carbonyl (C=O) groups is 2. The number of nitro benzene ring substituents is 1. The molecule has 0 bridgehead atoms. The van der Waals surface area contributed by atoms with Gasteiger partial charge in [-0.1, -0.05) is 29.3 Å². The van der Waals surface area contributed by atoms with Gasteiger partial charge in [0.25, 0.3) is 11.6 Å². The molecule has 2 aromatic carbocycles. The van der Waals surface area contributed by atoms with Crippen LogP contribution < -0.4 is 10.2 Å². The molecule has 3 aromatic rings. The fourth-order valence-electron chi connectivity index (χ4n) is 3.62. The quantitative estimate of drug-likeness (QED) is 0.213. The average molecular weight is 502 g/mol. The van der Waals surface area contributed by atoms with Crippen molar-refractivity contribution in [2.75, 3.05) is 0 Å². The summed E-state index contributed by atoms with van der Waals surface area (Å²) < 4.78 is 11.2. The normalized spacial score (nSPS) is 13.9. The monoisotopic (exact) mass is 501 g/mol. The first-order chi connectivity index (χ1) is 16.2. The number of non-ortho nitro benzene ring substituents is 1. The minimum atomic E-state index is -0.726. The van der Waals surface area contributed by atoms with Crippen molar-refractivity contribution >= 4 is 46.5 Å². The van der Waals surface area contributed by atoms with Crippen LogP contribution in [0, 0.1) is 17.0 Å². The summed E-state index contributed by atoms with van der Waals surface area (Å²) in [4.78, 5) is 35.6. The number of aryl methyl sites for hydroxylation is 1. The first-order valence-electron chi connectivity index (χ1n) is 10.2. The molecule has 0 aliphatic heterocycles. The van der Waals surface area contributed by atoms with Gasteiger partial charge in [0.2, 0.25) is 5.76 Å². The lowest BCUT2D eigenvalue weighted by Crippen LogP contribution is -2.22. The van der Waals surface area contributed by atoms with Crippen LogP contribution in [-0.4, -0.2) is 22.5 Å². The molecule has 9 nitrogen and oxygen atoms in total. The van der Waals surface area contributed by atoms with E-state index < -0.39 is 16.8 Å². The molecule has 4 rings (SSSR count). The van der Waals surface area contributed by atoms with E-state index in [2.05, 4.69) is 10.5 Å². The van der Waals surface area contributed by atoms with Gasteiger partial charge in [-0.25, -0.2) is 10.2 Å². The molecular weight excluding hydrogens is 485 g/mol. The van der Waals surface area contributed by atoms with Gasteiger partial charge in [0.05, 0.1) is 15.7 Å². The maximum atomic E-state index is 12.8. The Morgan fingerprint density at radius 2 is 1.97 bits per heavy atom. The molecule has 0 atom stereocenters. The standard InChI is InChI=1S/C23H17Cl2N3O6/c1-12-20-17(26-27-22(29)13-4-2-5-15(10-13)28(31)32)6-3-7-19(20)33-21(12)23(30)34-18-9-8-14(24)11-16(18)25/h2,4-5,8-11H,3,6-7H2,1H3,(H,27,29)/b26-17+. The van der Waals surface area contributed by atoms with Crippen molar-refractivity contribution in [1.82, 2.24) is 5.43 Å². The van der Waals surface area contributed by atoms with Crippen molar-refractivity contribution in [1.29, 1.82) is 0 Å². The van der Waals surface area contributed by atoms with Crippen molar-refractivity contribution < 1.29 is 23.7 Å². The van der Waals surface area contributed by atoms with Crippen LogP contribution in [0.2, 0.25) is 10.0 Å². The molecule has 1 amide bonds. The maximum absolute atomic E-state index is 12.8. The lowest BCUT2D eigenvalue weighted by molar-refractivity contribution is -0.384. The Hall–Kier alpha value is -3.69. The molecule has 0 fully saturated rings. The summed E-state index contributed by atoms with van der Waals surface area (Å²) in [5, 5.41) is 15.7. The Bertz CT molecular complexity index is 1350. The van der Waals surface area contributed by atoms with Crippen molar-refractivity contribution in [2.24, 2.45) is 5.10 Å². The molecule has 0 saturated carbocycles. The molecule has 1 aliphatic carbocycles. The van der Waals surface area contributed by atoms with E-state index in [9.17, 15) is 19.7 Å². The fraction of sp³-hybridized carbons (Fsp3) is 0.174. The third-order valence-corrected chi connectivity index (χ3v) is 5.75. The third-order valence-electron chi connectivity index (χ3n) is 5.22. The molecule has 0 radical (unpaired) electrons. The molecule has 1 aliphatic rings. The number of hydrazone groups is 1. The molecule has 1 N–H and O–H groups in total. The number of furan rings is 1. The number of hydrogen-bond acceptors (Lipinski definition) is 7. The van der Waals surface area contributed by atoms with E-state index in [1.165, 1.54) is 36.4 Å². The number of halogens is 2. The smallest absolute Gasteiger partial charge is 0.379 e. The second-order valence-electron chi connectivity index (χ2n) is 7.48. The van der Waals surface area contributed by atoms with Gasteiger partial charge < -0.3 is 9.15 Å². The molecule has 0 spiro atoms. The van der Waals surface area contributed by atoms with Crippen LogP contribution in [0.5, 0.6) is 5.75 Å². The van der Waals surface area contributed by atoms with E-state index in [1.54, 1.807) is 13.0 Å². The van der Waals surface area contributed by atoms with Crippen LogP contribution in [0.3, 0.4) is 0 Å². The summed E-state index contributed by atoms with van der Waals surface area (Å²) in [5.74, 6) is -0.614. The summed E-state index contributed by atoms with van der Waals surface area (Å²) in [6.07, 6.45) is 1.83. The predicted octanol–water partition coefficient (Wildman–Crippen LogP) is 5.49. The van der Waals surface area contributed by atoms with Crippen LogP contribution >= 0.6 is 23.2 Å². The van der Waals surface area contributed by atoms with E-state index in [0.717, 1.165) is 0 Å². The number of rotatable bonds is 5. The highest BCUT2D eigenvalue weighted by atomic mass is 35.5. The Morgan fingerprint density at radius 1 is 1.18 bits per heavy atom. The molecule has 174 valence electrons. The summed E-state index contributed by atoms with van der Waals surface area (Å²) >= 11 is 12.0. The molecule has 11 heteroatoms. The molecule has 34 heavy (non-hydrogen) atoms. The second kappa shape index (κ2) is 9.66. The number of nitrogens with zero attached hydrogens (tertiary/aromatic N) is 2. The molecule has 0 saturated heterocycles. The van der Waals surface area contributed by atoms with Crippen molar-refractivity contribution in [3.05, 3.63) is 90.8 Å². The van der Waals surface area contributed by atoms with Gasteiger partial charge in [-0.3, -0.25) is 14.9 Å². The summed E-state index contributed by atoms with van der Waals surface area (Å²) in [6, 6.07) is 9.82. The number of nitrogens with one attached hydrogen (secondary N) is 1. The number of hydrogen-bond donors (Lipinski definition) is 1. The summed E-state index contributed by atoms with van der Waals surface area (Å²) in [5.41, 5.74) is 4.01. The van der Waals surface area contributed by atoms with Gasteiger partial charge in [-0.05, 0) is 44.0 Å². The van der Waals surface area contributed by atoms with E-state index in [0.29, 0.717) is 46.9 Å². The number of fused-ring (bicyclic) bond motifs is 1. The van der Waals surface area contributed by atoms with Gasteiger partial charge in [0.15, 0.2) is 0 Å². The Balaban J connectivity index is 1.57. The molecule has 1 heterocycles. The van der Waals surface area contributed by atoms with E-state index in [1.807, 2.05) is 0 Å². The van der Waals surface area contributed by atoms with Gasteiger partial charge >= 0.3 is 5.97 Å². The largest absolute Gasteiger partial charge is 0.453 e. The Kier molecular flexibility index (Phi) is 6.67. The van der Waals surface area contributed by atoms with Gasteiger partial charge in [-0.15, -0.1) is 0 Å². The van der Waals surface area contributed by atoms with Gasteiger partial charge in [-0.2, -0.15) is 5.10 Å². The zero-order chi connectivity index (χ0) is 24.4. The molecule has 1 aromatic heterocycles. The van der Waals surface area contributed by atoms with E-state index in [4.69, 9.17) is 32.4 Å². The van der Waals surface area contributed by atoms with Gasteiger partial charge in [0, 0.05) is 40.3 Å². The van der Waals surface area contributed by atoms with Crippen molar-refractivity contribution in [2.45, 2.75) is 26.2 Å². The maximum Gasteiger partial charge on any atom is 0.379 e. The van der Waals surface area contributed by atoms with Crippen LogP contribution in [0.25, 0.3) is 0 Å². The van der Waals surface area contributed by atoms with E-state index in [-0.39, 0.29) is 27.8 Å². The van der Waals surface area contributed by atoms with E-state index >= 15 is 0 Å². The highest BCUT2D eigenvalue weighted by Crippen LogP contribution is 2.32.